The number of hydrogen-bond donors (Lipinski definition) is 2. The SMILES string of the molecule is Cc1nc(C(F)(F)F)cn1-c1ccc(-c2cccc(S(C)=O)c2)cc1N(N)/C(=C\N)Cc1ccc(Cl)cc1. The summed E-state index contributed by atoms with van der Waals surface area (Å²) in [6, 6.07) is 19.6. The van der Waals surface area contributed by atoms with Crippen molar-refractivity contribution in [2.45, 2.75) is 24.4 Å². The molecule has 0 amide bonds. The highest BCUT2D eigenvalue weighted by Gasteiger charge is 2.34. The van der Waals surface area contributed by atoms with E-state index in [0.717, 1.165) is 22.9 Å². The van der Waals surface area contributed by atoms with Crippen molar-refractivity contribution in [1.82, 2.24) is 9.55 Å². The largest absolute Gasteiger partial charge is 0.434 e. The Morgan fingerprint density at radius 3 is 2.39 bits per heavy atom. The fraction of sp³-hybridized carbons (Fsp3) is 0.148. The van der Waals surface area contributed by atoms with Crippen molar-refractivity contribution < 1.29 is 17.4 Å². The third-order valence-electron chi connectivity index (χ3n) is 5.97. The Balaban J connectivity index is 1.85. The summed E-state index contributed by atoms with van der Waals surface area (Å²) < 4.78 is 53.7. The average Bonchev–Trinajstić information content (AvgIpc) is 3.29. The molecular formula is C27H25ClF3N5OS. The summed E-state index contributed by atoms with van der Waals surface area (Å²) in [7, 11) is -1.19. The number of alkyl halides is 3. The number of hydrazine groups is 1. The van der Waals surface area contributed by atoms with E-state index in [1.807, 2.05) is 18.2 Å². The summed E-state index contributed by atoms with van der Waals surface area (Å²) in [6.07, 6.45) is -0.383. The molecule has 0 saturated heterocycles. The maximum atomic E-state index is 13.4. The molecule has 0 spiro atoms. The Morgan fingerprint density at radius 2 is 1.79 bits per heavy atom. The lowest BCUT2D eigenvalue weighted by Gasteiger charge is -2.26. The first-order chi connectivity index (χ1) is 18.0. The molecule has 6 nitrogen and oxygen atoms in total. The number of nitrogens with two attached hydrogens (primary N) is 2. The topological polar surface area (TPSA) is 90.2 Å². The summed E-state index contributed by atoms with van der Waals surface area (Å²) in [5, 5.41) is 1.93. The first kappa shape index (κ1) is 27.4. The number of allylic oxidation sites excluding steroid dienone is 1. The molecule has 1 heterocycles. The van der Waals surface area contributed by atoms with Crippen molar-refractivity contribution >= 4 is 28.1 Å². The van der Waals surface area contributed by atoms with E-state index < -0.39 is 22.7 Å². The molecular weight excluding hydrogens is 535 g/mol. The first-order valence-electron chi connectivity index (χ1n) is 11.4. The molecule has 4 rings (SSSR count). The number of aromatic nitrogens is 2. The average molecular weight is 560 g/mol. The second-order valence-electron chi connectivity index (χ2n) is 8.56. The number of imidazole rings is 1. The zero-order valence-electron chi connectivity index (χ0n) is 20.5. The van der Waals surface area contributed by atoms with E-state index in [1.54, 1.807) is 54.8 Å². The van der Waals surface area contributed by atoms with Gasteiger partial charge in [0.25, 0.3) is 0 Å². The van der Waals surface area contributed by atoms with Crippen molar-refractivity contribution in [3.05, 3.63) is 107 Å². The Kier molecular flexibility index (Phi) is 7.96. The third-order valence-corrected chi connectivity index (χ3v) is 7.14. The Morgan fingerprint density at radius 1 is 1.11 bits per heavy atom. The van der Waals surface area contributed by atoms with E-state index in [0.29, 0.717) is 33.4 Å². The molecule has 0 bridgehead atoms. The Hall–Kier alpha value is -3.60. The first-order valence-corrected chi connectivity index (χ1v) is 13.3. The predicted molar refractivity (Wildman–Crippen MR) is 145 cm³/mol. The van der Waals surface area contributed by atoms with Crippen LogP contribution in [0.3, 0.4) is 0 Å². The summed E-state index contributed by atoms with van der Waals surface area (Å²) in [4.78, 5) is 4.35. The number of aryl methyl sites for hydroxylation is 1. The van der Waals surface area contributed by atoms with Crippen LogP contribution in [0.2, 0.25) is 5.02 Å². The highest BCUT2D eigenvalue weighted by Crippen LogP contribution is 2.35. The Bertz CT molecular complexity index is 1520. The highest BCUT2D eigenvalue weighted by molar-refractivity contribution is 7.84. The fourth-order valence-electron chi connectivity index (χ4n) is 4.00. The molecule has 0 aliphatic rings. The lowest BCUT2D eigenvalue weighted by atomic mass is 10.0. The zero-order chi connectivity index (χ0) is 27.6. The van der Waals surface area contributed by atoms with E-state index in [-0.39, 0.29) is 5.82 Å². The zero-order valence-corrected chi connectivity index (χ0v) is 22.1. The minimum Gasteiger partial charge on any atom is -0.403 e. The van der Waals surface area contributed by atoms with Crippen LogP contribution in [0, 0.1) is 6.92 Å². The predicted octanol–water partition coefficient (Wildman–Crippen LogP) is 5.98. The van der Waals surface area contributed by atoms with Crippen LogP contribution >= 0.6 is 11.6 Å². The van der Waals surface area contributed by atoms with Crippen LogP contribution < -0.4 is 16.6 Å². The van der Waals surface area contributed by atoms with E-state index in [1.165, 1.54) is 22.7 Å². The molecule has 1 atom stereocenters. The van der Waals surface area contributed by atoms with Crippen molar-refractivity contribution in [2.75, 3.05) is 11.3 Å². The van der Waals surface area contributed by atoms with Gasteiger partial charge in [-0.25, -0.2) is 10.8 Å². The van der Waals surface area contributed by atoms with Crippen LogP contribution in [0.5, 0.6) is 0 Å². The lowest BCUT2D eigenvalue weighted by molar-refractivity contribution is -0.141. The molecule has 1 aromatic heterocycles. The van der Waals surface area contributed by atoms with Gasteiger partial charge in [0.05, 0.1) is 17.1 Å². The molecule has 4 N–H and O–H groups in total. The van der Waals surface area contributed by atoms with E-state index >= 15 is 0 Å². The number of halogens is 4. The second-order valence-corrected chi connectivity index (χ2v) is 10.4. The van der Waals surface area contributed by atoms with E-state index in [2.05, 4.69) is 4.98 Å². The van der Waals surface area contributed by atoms with E-state index in [9.17, 15) is 17.4 Å². The molecule has 11 heteroatoms. The molecule has 0 aliphatic heterocycles. The monoisotopic (exact) mass is 559 g/mol. The summed E-state index contributed by atoms with van der Waals surface area (Å²) in [5.74, 6) is 6.73. The van der Waals surface area contributed by atoms with Crippen LogP contribution in [0.15, 0.2) is 89.7 Å². The molecule has 198 valence electrons. The van der Waals surface area contributed by atoms with Gasteiger partial charge in [0.1, 0.15) is 5.82 Å². The maximum Gasteiger partial charge on any atom is 0.434 e. The summed E-state index contributed by atoms with van der Waals surface area (Å²) in [5.41, 5.74) is 8.60. The van der Waals surface area contributed by atoms with Gasteiger partial charge in [0, 0.05) is 45.8 Å². The highest BCUT2D eigenvalue weighted by atomic mass is 35.5. The van der Waals surface area contributed by atoms with Gasteiger partial charge in [0.15, 0.2) is 5.69 Å². The third kappa shape index (κ3) is 5.93. The minimum absolute atomic E-state index is 0.138. The van der Waals surface area contributed by atoms with Gasteiger partial charge in [-0.3, -0.25) is 9.22 Å². The number of hydrogen-bond acceptors (Lipinski definition) is 5. The van der Waals surface area contributed by atoms with Gasteiger partial charge in [-0.1, -0.05) is 41.9 Å². The van der Waals surface area contributed by atoms with Crippen molar-refractivity contribution in [3.8, 4) is 16.8 Å². The van der Waals surface area contributed by atoms with Gasteiger partial charge in [-0.2, -0.15) is 13.2 Å². The van der Waals surface area contributed by atoms with Gasteiger partial charge < -0.3 is 10.3 Å². The van der Waals surface area contributed by atoms with Crippen molar-refractivity contribution in [2.24, 2.45) is 11.6 Å². The minimum atomic E-state index is -4.61. The van der Waals surface area contributed by atoms with Crippen LogP contribution in [-0.4, -0.2) is 20.0 Å². The van der Waals surface area contributed by atoms with Gasteiger partial charge in [-0.15, -0.1) is 0 Å². The number of anilines is 1. The van der Waals surface area contributed by atoms with Crippen LogP contribution in [0.1, 0.15) is 17.1 Å². The number of nitrogens with zero attached hydrogens (tertiary/aromatic N) is 3. The smallest absolute Gasteiger partial charge is 0.403 e. The summed E-state index contributed by atoms with van der Waals surface area (Å²) in [6.45, 7) is 1.49. The molecule has 38 heavy (non-hydrogen) atoms. The maximum absolute atomic E-state index is 13.4. The van der Waals surface area contributed by atoms with E-state index in [4.69, 9.17) is 23.2 Å². The van der Waals surface area contributed by atoms with Gasteiger partial charge >= 0.3 is 6.18 Å². The molecule has 4 aromatic rings. The number of rotatable bonds is 7. The second kappa shape index (κ2) is 11.0. The molecule has 1 unspecified atom stereocenters. The number of benzene rings is 3. The Labute approximate surface area is 225 Å². The standard InChI is InChI=1S/C27H25ClF3N5OS/c1-17-34-26(27(29,30)31)16-35(17)24-11-8-20(19-4-3-5-23(13-19)38(2)37)14-25(24)36(33)22(15-32)12-18-6-9-21(28)10-7-18/h3-11,13-16H,12,32-33H2,1-2H3/b22-15-. The van der Waals surface area contributed by atoms with Crippen LogP contribution in [0.25, 0.3) is 16.8 Å². The van der Waals surface area contributed by atoms with Crippen molar-refractivity contribution in [3.63, 3.8) is 0 Å². The van der Waals surface area contributed by atoms with Gasteiger partial charge in [0.2, 0.25) is 0 Å². The molecule has 3 aromatic carbocycles. The molecule has 0 aliphatic carbocycles. The molecule has 0 fully saturated rings. The normalized spacial score (nSPS) is 13.0. The fourth-order valence-corrected chi connectivity index (χ4v) is 4.69. The van der Waals surface area contributed by atoms with Crippen molar-refractivity contribution in [1.29, 1.82) is 0 Å². The molecule has 0 radical (unpaired) electrons. The quantitative estimate of drug-likeness (QED) is 0.215. The lowest BCUT2D eigenvalue weighted by Crippen LogP contribution is -2.33. The van der Waals surface area contributed by atoms with Gasteiger partial charge in [-0.05, 0) is 60.0 Å². The summed E-state index contributed by atoms with van der Waals surface area (Å²) >= 11 is 6.00. The van der Waals surface area contributed by atoms with Crippen LogP contribution in [0.4, 0.5) is 18.9 Å². The molecule has 0 saturated carbocycles. The van der Waals surface area contributed by atoms with Crippen LogP contribution in [-0.2, 0) is 23.4 Å².